The van der Waals surface area contributed by atoms with E-state index in [1.807, 2.05) is 74.2 Å². The fraction of sp³-hybridized carbons (Fsp3) is 0.409. The molecule has 2 aromatic carbocycles. The predicted octanol–water partition coefficient (Wildman–Crippen LogP) is 5.08. The molecule has 0 saturated carbocycles. The topological polar surface area (TPSA) is 50.8 Å². The van der Waals surface area contributed by atoms with Crippen molar-refractivity contribution in [3.63, 3.8) is 0 Å². The van der Waals surface area contributed by atoms with E-state index in [-0.39, 0.29) is 24.3 Å². The highest BCUT2D eigenvalue weighted by atomic mass is 79.9. The molecule has 2 unspecified atom stereocenters. The molecule has 6 heteroatoms. The third-order valence-corrected chi connectivity index (χ3v) is 5.14. The summed E-state index contributed by atoms with van der Waals surface area (Å²) in [6, 6.07) is 15.7. The highest BCUT2D eigenvalue weighted by molar-refractivity contribution is 9.10. The molecular formula is C22H27BrN2O3. The van der Waals surface area contributed by atoms with Gasteiger partial charge < -0.3 is 19.7 Å². The van der Waals surface area contributed by atoms with E-state index in [1.165, 1.54) is 0 Å². The van der Waals surface area contributed by atoms with Gasteiger partial charge >= 0.3 is 6.03 Å². The lowest BCUT2D eigenvalue weighted by molar-refractivity contribution is -0.0157. The van der Waals surface area contributed by atoms with Crippen LogP contribution in [0.15, 0.2) is 53.0 Å². The van der Waals surface area contributed by atoms with Crippen LogP contribution < -0.4 is 10.1 Å². The van der Waals surface area contributed by atoms with E-state index in [0.29, 0.717) is 19.7 Å². The second-order valence-electron chi connectivity index (χ2n) is 7.27. The molecule has 2 aromatic rings. The number of halogens is 1. The van der Waals surface area contributed by atoms with Crippen molar-refractivity contribution in [2.45, 2.75) is 39.0 Å². The van der Waals surface area contributed by atoms with E-state index >= 15 is 0 Å². The first-order chi connectivity index (χ1) is 13.4. The van der Waals surface area contributed by atoms with Crippen LogP contribution in [0.1, 0.15) is 44.0 Å². The van der Waals surface area contributed by atoms with Gasteiger partial charge in [-0.25, -0.2) is 4.79 Å². The summed E-state index contributed by atoms with van der Waals surface area (Å²) in [6.07, 6.45) is -0.00136. The lowest BCUT2D eigenvalue weighted by Crippen LogP contribution is -2.47. The third kappa shape index (κ3) is 5.49. The SMILES string of the molecule is CC(C)Oc1cccc(C(C)NC(=O)N2CCOC(c3cccc(Br)c3)C2)c1. The number of carbonyl (C=O) groups excluding carboxylic acids is 1. The second-order valence-corrected chi connectivity index (χ2v) is 8.19. The Morgan fingerprint density at radius 2 is 2.00 bits per heavy atom. The average molecular weight is 447 g/mol. The number of ether oxygens (including phenoxy) is 2. The first-order valence-corrected chi connectivity index (χ1v) is 10.4. The van der Waals surface area contributed by atoms with E-state index in [9.17, 15) is 4.79 Å². The molecule has 1 saturated heterocycles. The molecule has 0 spiro atoms. The monoisotopic (exact) mass is 446 g/mol. The largest absolute Gasteiger partial charge is 0.491 e. The van der Waals surface area contributed by atoms with E-state index < -0.39 is 0 Å². The number of hydrogen-bond acceptors (Lipinski definition) is 3. The minimum absolute atomic E-state index is 0.0778. The summed E-state index contributed by atoms with van der Waals surface area (Å²) < 4.78 is 12.6. The maximum absolute atomic E-state index is 12.8. The van der Waals surface area contributed by atoms with Gasteiger partial charge in [0.2, 0.25) is 0 Å². The van der Waals surface area contributed by atoms with Crippen molar-refractivity contribution in [1.82, 2.24) is 10.2 Å². The molecular weight excluding hydrogens is 420 g/mol. The summed E-state index contributed by atoms with van der Waals surface area (Å²) in [5.74, 6) is 0.815. The average Bonchev–Trinajstić information content (AvgIpc) is 2.67. The molecule has 0 radical (unpaired) electrons. The highest BCUT2D eigenvalue weighted by Crippen LogP contribution is 2.25. The van der Waals surface area contributed by atoms with Crippen molar-refractivity contribution < 1.29 is 14.3 Å². The van der Waals surface area contributed by atoms with Crippen LogP contribution in [0.4, 0.5) is 4.79 Å². The van der Waals surface area contributed by atoms with Gasteiger partial charge in [0.1, 0.15) is 11.9 Å². The Hall–Kier alpha value is -2.05. The quantitative estimate of drug-likeness (QED) is 0.696. The Balaban J connectivity index is 1.62. The fourth-order valence-electron chi connectivity index (χ4n) is 3.23. The van der Waals surface area contributed by atoms with Gasteiger partial charge in [-0.1, -0.05) is 40.2 Å². The van der Waals surface area contributed by atoms with Crippen molar-refractivity contribution in [1.29, 1.82) is 0 Å². The lowest BCUT2D eigenvalue weighted by atomic mass is 10.1. The molecule has 1 N–H and O–H groups in total. The van der Waals surface area contributed by atoms with Crippen LogP contribution in [0.2, 0.25) is 0 Å². The van der Waals surface area contributed by atoms with Crippen molar-refractivity contribution in [3.8, 4) is 5.75 Å². The van der Waals surface area contributed by atoms with Gasteiger partial charge in [-0.05, 0) is 56.2 Å². The van der Waals surface area contributed by atoms with Crippen molar-refractivity contribution in [2.75, 3.05) is 19.7 Å². The standard InChI is InChI=1S/C22H27BrN2O3/c1-15(2)28-20-9-5-6-17(13-20)16(3)24-22(26)25-10-11-27-21(14-25)18-7-4-8-19(23)12-18/h4-9,12-13,15-16,21H,10-11,14H2,1-3H3,(H,24,26). The number of nitrogens with one attached hydrogen (secondary N) is 1. The zero-order valence-electron chi connectivity index (χ0n) is 16.5. The summed E-state index contributed by atoms with van der Waals surface area (Å²) in [7, 11) is 0. The summed E-state index contributed by atoms with van der Waals surface area (Å²) in [5.41, 5.74) is 2.08. The molecule has 28 heavy (non-hydrogen) atoms. The summed E-state index contributed by atoms with van der Waals surface area (Å²) >= 11 is 3.49. The van der Waals surface area contributed by atoms with E-state index in [0.717, 1.165) is 21.3 Å². The number of rotatable bonds is 5. The number of carbonyl (C=O) groups is 1. The Bertz CT molecular complexity index is 812. The van der Waals surface area contributed by atoms with Crippen LogP contribution >= 0.6 is 15.9 Å². The minimum Gasteiger partial charge on any atom is -0.491 e. The second kappa shape index (κ2) is 9.43. The molecule has 1 aliphatic rings. The van der Waals surface area contributed by atoms with Gasteiger partial charge in [0.15, 0.2) is 0 Å². The van der Waals surface area contributed by atoms with Gasteiger partial charge in [-0.3, -0.25) is 0 Å². The Labute approximate surface area is 175 Å². The smallest absolute Gasteiger partial charge is 0.318 e. The van der Waals surface area contributed by atoms with E-state index in [1.54, 1.807) is 0 Å². The van der Waals surface area contributed by atoms with Crippen LogP contribution in [0.5, 0.6) is 5.75 Å². The van der Waals surface area contributed by atoms with Gasteiger partial charge in [-0.2, -0.15) is 0 Å². The Morgan fingerprint density at radius 3 is 2.75 bits per heavy atom. The maximum Gasteiger partial charge on any atom is 0.318 e. The molecule has 3 rings (SSSR count). The van der Waals surface area contributed by atoms with Gasteiger partial charge in [0.25, 0.3) is 0 Å². The molecule has 0 bridgehead atoms. The molecule has 1 heterocycles. The summed E-state index contributed by atoms with van der Waals surface area (Å²) in [4.78, 5) is 14.6. The highest BCUT2D eigenvalue weighted by Gasteiger charge is 2.26. The minimum atomic E-state index is -0.116. The molecule has 150 valence electrons. The summed E-state index contributed by atoms with van der Waals surface area (Å²) in [5, 5.41) is 3.10. The van der Waals surface area contributed by atoms with Crippen LogP contribution in [-0.2, 0) is 4.74 Å². The summed E-state index contributed by atoms with van der Waals surface area (Å²) in [6.45, 7) is 7.62. The van der Waals surface area contributed by atoms with Crippen LogP contribution in [-0.4, -0.2) is 36.7 Å². The van der Waals surface area contributed by atoms with Gasteiger partial charge in [0, 0.05) is 11.0 Å². The molecule has 0 aliphatic carbocycles. The van der Waals surface area contributed by atoms with Crippen molar-refractivity contribution in [2.24, 2.45) is 0 Å². The molecule has 0 aromatic heterocycles. The number of benzene rings is 2. The Morgan fingerprint density at radius 1 is 1.21 bits per heavy atom. The zero-order chi connectivity index (χ0) is 20.1. The molecule has 1 fully saturated rings. The van der Waals surface area contributed by atoms with E-state index in [2.05, 4.69) is 21.2 Å². The number of amides is 2. The molecule has 2 amide bonds. The van der Waals surface area contributed by atoms with Crippen molar-refractivity contribution in [3.05, 3.63) is 64.1 Å². The van der Waals surface area contributed by atoms with Crippen molar-refractivity contribution >= 4 is 22.0 Å². The first kappa shape index (κ1) is 20.7. The van der Waals surface area contributed by atoms with Crippen LogP contribution in [0, 0.1) is 0 Å². The number of urea groups is 1. The predicted molar refractivity (Wildman–Crippen MR) is 114 cm³/mol. The van der Waals surface area contributed by atoms with Gasteiger partial charge in [0.05, 0.1) is 25.3 Å². The molecule has 5 nitrogen and oxygen atoms in total. The van der Waals surface area contributed by atoms with Crippen LogP contribution in [0.3, 0.4) is 0 Å². The molecule has 1 aliphatic heterocycles. The maximum atomic E-state index is 12.8. The third-order valence-electron chi connectivity index (χ3n) is 4.64. The van der Waals surface area contributed by atoms with Gasteiger partial charge in [-0.15, -0.1) is 0 Å². The number of morpholine rings is 1. The van der Waals surface area contributed by atoms with Crippen LogP contribution in [0.25, 0.3) is 0 Å². The Kier molecular flexibility index (Phi) is 6.97. The first-order valence-electron chi connectivity index (χ1n) is 9.61. The molecule has 2 atom stereocenters. The lowest BCUT2D eigenvalue weighted by Gasteiger charge is -2.34. The zero-order valence-corrected chi connectivity index (χ0v) is 18.1. The number of nitrogens with zero attached hydrogens (tertiary/aromatic N) is 1. The fourth-order valence-corrected chi connectivity index (χ4v) is 3.65. The normalized spacial score (nSPS) is 18.0. The van der Waals surface area contributed by atoms with E-state index in [4.69, 9.17) is 9.47 Å². The number of hydrogen-bond donors (Lipinski definition) is 1.